The number of rotatable bonds is 1. The zero-order chi connectivity index (χ0) is 12.6. The van der Waals surface area contributed by atoms with Crippen molar-refractivity contribution in [3.05, 3.63) is 54.5 Å². The summed E-state index contributed by atoms with van der Waals surface area (Å²) in [5.41, 5.74) is 5.08. The molecule has 0 aliphatic rings. The molecule has 0 aliphatic heterocycles. The first kappa shape index (κ1) is 13.4. The van der Waals surface area contributed by atoms with Gasteiger partial charge in [-0.3, -0.25) is 0 Å². The summed E-state index contributed by atoms with van der Waals surface area (Å²) in [5, 5.41) is 0.778. The van der Waals surface area contributed by atoms with Gasteiger partial charge in [-0.05, 0) is 86.8 Å². The molecule has 3 heteroatoms. The molecular weight excluding hydrogens is 410 g/mol. The Labute approximate surface area is 129 Å². The topological polar surface area (TPSA) is 0 Å². The van der Waals surface area contributed by atoms with Crippen molar-refractivity contribution in [3.63, 3.8) is 0 Å². The summed E-state index contributed by atoms with van der Waals surface area (Å²) in [6, 6.07) is 10.6. The second-order valence-corrected chi connectivity index (χ2v) is 6.42. The van der Waals surface area contributed by atoms with E-state index in [1.54, 1.807) is 0 Å². The minimum absolute atomic E-state index is 0.778. The fourth-order valence-electron chi connectivity index (χ4n) is 1.97. The standard InChI is InChI=1S/C14H11BrClI/c1-8-4-3-5-9(2)13(8)10-6-11(15)14(16)12(17)7-10/h3-7H,1-2H3. The molecule has 0 radical (unpaired) electrons. The molecule has 0 spiro atoms. The molecule has 0 fully saturated rings. The van der Waals surface area contributed by atoms with E-state index in [2.05, 4.69) is 82.7 Å². The maximum atomic E-state index is 6.16. The molecule has 0 bridgehead atoms. The van der Waals surface area contributed by atoms with Crippen LogP contribution in [0.4, 0.5) is 0 Å². The van der Waals surface area contributed by atoms with Gasteiger partial charge >= 0.3 is 0 Å². The van der Waals surface area contributed by atoms with Gasteiger partial charge in [0, 0.05) is 8.04 Å². The molecule has 2 aromatic rings. The maximum Gasteiger partial charge on any atom is 0.0681 e. The predicted molar refractivity (Wildman–Crippen MR) is 86.8 cm³/mol. The highest BCUT2D eigenvalue weighted by molar-refractivity contribution is 14.1. The van der Waals surface area contributed by atoms with Gasteiger partial charge in [-0.25, -0.2) is 0 Å². The smallest absolute Gasteiger partial charge is 0.0681 e. The predicted octanol–water partition coefficient (Wildman–Crippen LogP) is 5.99. The average molecular weight is 422 g/mol. The van der Waals surface area contributed by atoms with Crippen molar-refractivity contribution in [1.82, 2.24) is 0 Å². The van der Waals surface area contributed by atoms with Gasteiger partial charge in [0.2, 0.25) is 0 Å². The first-order valence-corrected chi connectivity index (χ1v) is 7.47. The zero-order valence-corrected chi connectivity index (χ0v) is 14.0. The van der Waals surface area contributed by atoms with Crippen molar-refractivity contribution >= 4 is 50.1 Å². The molecule has 0 aromatic heterocycles. The van der Waals surface area contributed by atoms with E-state index in [1.165, 1.54) is 22.3 Å². The van der Waals surface area contributed by atoms with Crippen LogP contribution in [0.25, 0.3) is 11.1 Å². The Morgan fingerprint density at radius 3 is 2.24 bits per heavy atom. The molecule has 88 valence electrons. The number of aryl methyl sites for hydroxylation is 2. The molecule has 0 nitrogen and oxygen atoms in total. The van der Waals surface area contributed by atoms with Crippen molar-refractivity contribution in [1.29, 1.82) is 0 Å². The molecule has 2 rings (SSSR count). The highest BCUT2D eigenvalue weighted by atomic mass is 127. The van der Waals surface area contributed by atoms with Crippen LogP contribution in [0.3, 0.4) is 0 Å². The second kappa shape index (κ2) is 5.29. The lowest BCUT2D eigenvalue weighted by Crippen LogP contribution is -1.89. The van der Waals surface area contributed by atoms with Gasteiger partial charge in [0.15, 0.2) is 0 Å². The van der Waals surface area contributed by atoms with Crippen LogP contribution in [-0.2, 0) is 0 Å². The van der Waals surface area contributed by atoms with Crippen LogP contribution in [0.5, 0.6) is 0 Å². The lowest BCUT2D eigenvalue weighted by Gasteiger charge is -2.12. The Morgan fingerprint density at radius 2 is 1.71 bits per heavy atom. The summed E-state index contributed by atoms with van der Waals surface area (Å²) in [4.78, 5) is 0. The minimum atomic E-state index is 0.778. The fraction of sp³-hybridized carbons (Fsp3) is 0.143. The van der Waals surface area contributed by atoms with Crippen LogP contribution in [0.1, 0.15) is 11.1 Å². The first-order chi connectivity index (χ1) is 8.00. The highest BCUT2D eigenvalue weighted by Crippen LogP contribution is 2.35. The van der Waals surface area contributed by atoms with E-state index in [1.807, 2.05) is 0 Å². The summed E-state index contributed by atoms with van der Waals surface area (Å²) < 4.78 is 2.01. The zero-order valence-electron chi connectivity index (χ0n) is 9.52. The molecular formula is C14H11BrClI. The van der Waals surface area contributed by atoms with Crippen LogP contribution in [0.15, 0.2) is 34.8 Å². The van der Waals surface area contributed by atoms with Gasteiger partial charge in [0.1, 0.15) is 0 Å². The van der Waals surface area contributed by atoms with Gasteiger partial charge in [-0.15, -0.1) is 0 Å². The molecule has 0 saturated heterocycles. The van der Waals surface area contributed by atoms with E-state index in [4.69, 9.17) is 11.6 Å². The summed E-state index contributed by atoms with van der Waals surface area (Å²) in [5.74, 6) is 0. The van der Waals surface area contributed by atoms with Gasteiger partial charge in [0.25, 0.3) is 0 Å². The lowest BCUT2D eigenvalue weighted by atomic mass is 9.96. The van der Waals surface area contributed by atoms with Gasteiger partial charge in [-0.1, -0.05) is 29.8 Å². The van der Waals surface area contributed by atoms with Crippen molar-refractivity contribution in [3.8, 4) is 11.1 Å². The summed E-state index contributed by atoms with van der Waals surface area (Å²) in [6.07, 6.45) is 0. The van der Waals surface area contributed by atoms with Crippen molar-refractivity contribution in [2.45, 2.75) is 13.8 Å². The fourth-order valence-corrected chi connectivity index (χ4v) is 3.54. The monoisotopic (exact) mass is 420 g/mol. The van der Waals surface area contributed by atoms with E-state index < -0.39 is 0 Å². The molecule has 0 heterocycles. The SMILES string of the molecule is Cc1cccc(C)c1-c1cc(Br)c(Cl)c(I)c1. The molecule has 0 unspecified atom stereocenters. The Morgan fingerprint density at radius 1 is 1.12 bits per heavy atom. The third kappa shape index (κ3) is 2.69. The van der Waals surface area contributed by atoms with Crippen LogP contribution in [0, 0.1) is 17.4 Å². The number of halogens is 3. The van der Waals surface area contributed by atoms with Gasteiger partial charge < -0.3 is 0 Å². The molecule has 0 N–H and O–H groups in total. The molecule has 2 aromatic carbocycles. The van der Waals surface area contributed by atoms with Crippen LogP contribution < -0.4 is 0 Å². The molecule has 17 heavy (non-hydrogen) atoms. The summed E-state index contributed by atoms with van der Waals surface area (Å²) >= 11 is 11.9. The second-order valence-electron chi connectivity index (χ2n) is 4.02. The van der Waals surface area contributed by atoms with E-state index in [0.717, 1.165) is 13.1 Å². The number of hydrogen-bond donors (Lipinski definition) is 0. The quantitative estimate of drug-likeness (QED) is 0.392. The third-order valence-corrected chi connectivity index (χ3v) is 5.18. The summed E-state index contributed by atoms with van der Waals surface area (Å²) in [7, 11) is 0. The maximum absolute atomic E-state index is 6.16. The van der Waals surface area contributed by atoms with Crippen LogP contribution in [0.2, 0.25) is 5.02 Å². The van der Waals surface area contributed by atoms with E-state index >= 15 is 0 Å². The average Bonchev–Trinajstić information content (AvgIpc) is 2.25. The van der Waals surface area contributed by atoms with E-state index in [0.29, 0.717) is 0 Å². The molecule has 0 saturated carbocycles. The van der Waals surface area contributed by atoms with Gasteiger partial charge in [-0.2, -0.15) is 0 Å². The van der Waals surface area contributed by atoms with Crippen molar-refractivity contribution in [2.75, 3.05) is 0 Å². The minimum Gasteiger partial charge on any atom is -0.0819 e. The third-order valence-electron chi connectivity index (χ3n) is 2.75. The Balaban J connectivity index is 2.69. The first-order valence-electron chi connectivity index (χ1n) is 5.22. The van der Waals surface area contributed by atoms with Crippen LogP contribution in [-0.4, -0.2) is 0 Å². The Bertz CT molecular complexity index is 535. The Kier molecular flexibility index (Phi) is 4.16. The lowest BCUT2D eigenvalue weighted by molar-refractivity contribution is 1.37. The Hall–Kier alpha value is -0.0600. The van der Waals surface area contributed by atoms with E-state index in [-0.39, 0.29) is 0 Å². The largest absolute Gasteiger partial charge is 0.0819 e. The van der Waals surface area contributed by atoms with Crippen molar-refractivity contribution in [2.24, 2.45) is 0 Å². The van der Waals surface area contributed by atoms with Crippen LogP contribution >= 0.6 is 50.1 Å². The molecule has 0 amide bonds. The molecule has 0 aliphatic carbocycles. The van der Waals surface area contributed by atoms with Crippen molar-refractivity contribution < 1.29 is 0 Å². The van der Waals surface area contributed by atoms with Gasteiger partial charge in [0.05, 0.1) is 5.02 Å². The summed E-state index contributed by atoms with van der Waals surface area (Å²) in [6.45, 7) is 4.27. The highest BCUT2D eigenvalue weighted by Gasteiger charge is 2.10. The number of benzene rings is 2. The number of hydrogen-bond acceptors (Lipinski definition) is 0. The van der Waals surface area contributed by atoms with E-state index in [9.17, 15) is 0 Å². The molecule has 0 atom stereocenters. The normalized spacial score (nSPS) is 10.6.